The van der Waals surface area contributed by atoms with Gasteiger partial charge in [-0.25, -0.2) is 4.39 Å². The summed E-state index contributed by atoms with van der Waals surface area (Å²) in [7, 11) is 1.78. The van der Waals surface area contributed by atoms with Crippen LogP contribution in [0.15, 0.2) is 29.3 Å². The highest BCUT2D eigenvalue weighted by atomic mass is 19.1. The minimum atomic E-state index is -0.135. The molecule has 1 heterocycles. The fourth-order valence-corrected chi connectivity index (χ4v) is 3.46. The number of unbranched alkanes of at least 4 members (excludes halogenated alkanes) is 1. The zero-order valence-corrected chi connectivity index (χ0v) is 19.2. The van der Waals surface area contributed by atoms with Crippen LogP contribution in [0.2, 0.25) is 0 Å². The molecule has 1 saturated heterocycles. The van der Waals surface area contributed by atoms with Gasteiger partial charge in [0, 0.05) is 52.9 Å². The van der Waals surface area contributed by atoms with Crippen LogP contribution in [-0.2, 0) is 9.47 Å². The molecule has 0 aliphatic carbocycles. The summed E-state index contributed by atoms with van der Waals surface area (Å²) in [6, 6.07) is 7.03. The van der Waals surface area contributed by atoms with Crippen molar-refractivity contribution < 1.29 is 13.9 Å². The Hall–Kier alpha value is -1.90. The molecule has 0 radical (unpaired) electrons. The highest BCUT2D eigenvalue weighted by Crippen LogP contribution is 2.20. The summed E-state index contributed by atoms with van der Waals surface area (Å²) in [6.45, 7) is 11.1. The van der Waals surface area contributed by atoms with E-state index in [2.05, 4.69) is 32.3 Å². The second-order valence-electron chi connectivity index (χ2n) is 7.64. The van der Waals surface area contributed by atoms with Gasteiger partial charge in [-0.15, -0.1) is 0 Å². The first-order valence-electron chi connectivity index (χ1n) is 11.6. The first-order valence-corrected chi connectivity index (χ1v) is 11.6. The van der Waals surface area contributed by atoms with E-state index < -0.39 is 0 Å². The number of benzene rings is 1. The van der Waals surface area contributed by atoms with E-state index in [4.69, 9.17) is 9.47 Å². The molecule has 0 atom stereocenters. The Balaban J connectivity index is 1.48. The molecule has 1 fully saturated rings. The zero-order chi connectivity index (χ0) is 22.2. The summed E-state index contributed by atoms with van der Waals surface area (Å²) in [5, 5.41) is 6.61. The molecule has 0 amide bonds. The number of halogens is 1. The minimum Gasteiger partial charge on any atom is -0.379 e. The first kappa shape index (κ1) is 25.4. The van der Waals surface area contributed by atoms with Crippen LogP contribution in [-0.4, -0.2) is 90.1 Å². The van der Waals surface area contributed by atoms with Gasteiger partial charge < -0.3 is 25.0 Å². The number of piperazine rings is 1. The molecule has 0 aromatic heterocycles. The van der Waals surface area contributed by atoms with E-state index in [0.29, 0.717) is 32.1 Å². The van der Waals surface area contributed by atoms with Gasteiger partial charge in [-0.05, 0) is 31.5 Å². The molecule has 0 unspecified atom stereocenters. The van der Waals surface area contributed by atoms with Crippen molar-refractivity contribution in [2.75, 3.05) is 84.2 Å². The van der Waals surface area contributed by atoms with Gasteiger partial charge in [-0.1, -0.05) is 25.5 Å². The predicted octanol–water partition coefficient (Wildman–Crippen LogP) is 2.34. The zero-order valence-electron chi connectivity index (χ0n) is 19.2. The van der Waals surface area contributed by atoms with Crippen LogP contribution in [0.3, 0.4) is 0 Å². The molecule has 0 bridgehead atoms. The van der Waals surface area contributed by atoms with E-state index in [1.54, 1.807) is 13.1 Å². The molecule has 1 aliphatic heterocycles. The Morgan fingerprint density at radius 2 is 1.68 bits per heavy atom. The third kappa shape index (κ3) is 10.3. The molecule has 1 aromatic rings. The summed E-state index contributed by atoms with van der Waals surface area (Å²) in [4.78, 5) is 8.82. The Morgan fingerprint density at radius 1 is 0.968 bits per heavy atom. The highest BCUT2D eigenvalue weighted by Gasteiger charge is 2.18. The van der Waals surface area contributed by atoms with Gasteiger partial charge in [-0.3, -0.25) is 9.89 Å². The third-order valence-electron chi connectivity index (χ3n) is 5.29. The van der Waals surface area contributed by atoms with E-state index in [1.165, 1.54) is 6.07 Å². The average molecular weight is 438 g/mol. The number of rotatable bonds is 14. The van der Waals surface area contributed by atoms with E-state index in [-0.39, 0.29) is 5.82 Å². The van der Waals surface area contributed by atoms with Crippen molar-refractivity contribution in [3.63, 3.8) is 0 Å². The lowest BCUT2D eigenvalue weighted by Gasteiger charge is -2.36. The SMILES string of the molecule is CCCCOCCOCCNC(=NC)NCCCN1CCN(c2ccccc2F)CC1. The Bertz CT molecular complexity index is 624. The molecule has 7 nitrogen and oxygen atoms in total. The lowest BCUT2D eigenvalue weighted by molar-refractivity contribution is 0.0487. The van der Waals surface area contributed by atoms with Gasteiger partial charge in [0.25, 0.3) is 0 Å². The van der Waals surface area contributed by atoms with Crippen molar-refractivity contribution >= 4 is 11.6 Å². The van der Waals surface area contributed by atoms with Crippen LogP contribution in [0.25, 0.3) is 0 Å². The third-order valence-corrected chi connectivity index (χ3v) is 5.29. The predicted molar refractivity (Wildman–Crippen MR) is 126 cm³/mol. The van der Waals surface area contributed by atoms with Gasteiger partial charge >= 0.3 is 0 Å². The largest absolute Gasteiger partial charge is 0.379 e. The fourth-order valence-electron chi connectivity index (χ4n) is 3.46. The van der Waals surface area contributed by atoms with Gasteiger partial charge in [0.1, 0.15) is 5.82 Å². The molecule has 8 heteroatoms. The number of nitrogens with zero attached hydrogens (tertiary/aromatic N) is 3. The molecule has 31 heavy (non-hydrogen) atoms. The van der Waals surface area contributed by atoms with Crippen molar-refractivity contribution in [3.8, 4) is 0 Å². The second kappa shape index (κ2) is 15.8. The first-order chi connectivity index (χ1) is 15.2. The Morgan fingerprint density at radius 3 is 2.39 bits per heavy atom. The molecule has 0 saturated carbocycles. The van der Waals surface area contributed by atoms with Crippen molar-refractivity contribution in [3.05, 3.63) is 30.1 Å². The van der Waals surface area contributed by atoms with Crippen LogP contribution in [0.4, 0.5) is 10.1 Å². The summed E-state index contributed by atoms with van der Waals surface area (Å²) >= 11 is 0. The molecular formula is C23H40FN5O2. The van der Waals surface area contributed by atoms with Gasteiger partial charge in [0.15, 0.2) is 5.96 Å². The number of hydrogen-bond acceptors (Lipinski definition) is 5. The number of anilines is 1. The van der Waals surface area contributed by atoms with Crippen LogP contribution in [0.1, 0.15) is 26.2 Å². The molecule has 1 aliphatic rings. The number of para-hydroxylation sites is 1. The lowest BCUT2D eigenvalue weighted by Crippen LogP contribution is -2.47. The molecule has 2 N–H and O–H groups in total. The average Bonchev–Trinajstić information content (AvgIpc) is 2.80. The highest BCUT2D eigenvalue weighted by molar-refractivity contribution is 5.79. The maximum absolute atomic E-state index is 13.9. The molecule has 2 rings (SSSR count). The summed E-state index contributed by atoms with van der Waals surface area (Å²) in [6.07, 6.45) is 3.29. The van der Waals surface area contributed by atoms with Crippen LogP contribution in [0, 0.1) is 5.82 Å². The number of aliphatic imine (C=N–C) groups is 1. The van der Waals surface area contributed by atoms with Crippen molar-refractivity contribution in [1.29, 1.82) is 0 Å². The lowest BCUT2D eigenvalue weighted by atomic mass is 10.2. The Labute approximate surface area is 187 Å². The van der Waals surface area contributed by atoms with Gasteiger partial charge in [-0.2, -0.15) is 0 Å². The van der Waals surface area contributed by atoms with Crippen molar-refractivity contribution in [2.24, 2.45) is 4.99 Å². The van der Waals surface area contributed by atoms with E-state index in [9.17, 15) is 4.39 Å². The number of guanidine groups is 1. The maximum atomic E-state index is 13.9. The molecule has 1 aromatic carbocycles. The van der Waals surface area contributed by atoms with Crippen LogP contribution < -0.4 is 15.5 Å². The normalized spacial score (nSPS) is 15.3. The van der Waals surface area contributed by atoms with Crippen molar-refractivity contribution in [2.45, 2.75) is 26.2 Å². The monoisotopic (exact) mass is 437 g/mol. The fraction of sp³-hybridized carbons (Fsp3) is 0.696. The van der Waals surface area contributed by atoms with Gasteiger partial charge in [0.05, 0.1) is 25.5 Å². The number of nitrogens with one attached hydrogen (secondary N) is 2. The number of ether oxygens (including phenoxy) is 2. The molecule has 176 valence electrons. The molecule has 0 spiro atoms. The smallest absolute Gasteiger partial charge is 0.191 e. The van der Waals surface area contributed by atoms with E-state index in [1.807, 2.05) is 12.1 Å². The van der Waals surface area contributed by atoms with Crippen LogP contribution >= 0.6 is 0 Å². The number of hydrogen-bond donors (Lipinski definition) is 2. The summed E-state index contributed by atoms with van der Waals surface area (Å²) in [5.41, 5.74) is 0.715. The summed E-state index contributed by atoms with van der Waals surface area (Å²) in [5.74, 6) is 0.664. The topological polar surface area (TPSA) is 61.4 Å². The minimum absolute atomic E-state index is 0.135. The standard InChI is InChI=1S/C23H40FN5O2/c1-3-4-17-30-19-20-31-18-11-27-23(25-2)26-10-7-12-28-13-15-29(16-14-28)22-9-6-5-8-21(22)24/h5-6,8-9H,3-4,7,10-20H2,1-2H3,(H2,25,26,27). The maximum Gasteiger partial charge on any atom is 0.191 e. The van der Waals surface area contributed by atoms with Crippen LogP contribution in [0.5, 0.6) is 0 Å². The van der Waals surface area contributed by atoms with Gasteiger partial charge in [0.2, 0.25) is 0 Å². The van der Waals surface area contributed by atoms with E-state index in [0.717, 1.165) is 71.1 Å². The Kier molecular flexibility index (Phi) is 13.0. The van der Waals surface area contributed by atoms with E-state index >= 15 is 0 Å². The quantitative estimate of drug-likeness (QED) is 0.265. The summed E-state index contributed by atoms with van der Waals surface area (Å²) < 4.78 is 25.0. The molecular weight excluding hydrogens is 397 g/mol. The van der Waals surface area contributed by atoms with Crippen molar-refractivity contribution in [1.82, 2.24) is 15.5 Å². The second-order valence-corrected chi connectivity index (χ2v) is 7.64.